The fraction of sp³-hybridized carbons (Fsp3) is 0.846. The lowest BCUT2D eigenvalue weighted by atomic mass is 9.85. The number of carbonyl (C=O) groups is 2. The fourth-order valence-electron chi connectivity index (χ4n) is 1.54. The third-order valence-corrected chi connectivity index (χ3v) is 3.40. The molecule has 0 saturated heterocycles. The van der Waals surface area contributed by atoms with Gasteiger partial charge in [0, 0.05) is 19.1 Å². The van der Waals surface area contributed by atoms with Crippen molar-refractivity contribution in [3.63, 3.8) is 0 Å². The van der Waals surface area contributed by atoms with Gasteiger partial charge in [-0.3, -0.25) is 9.59 Å². The molecular weight excluding hydrogens is 234 g/mol. The van der Waals surface area contributed by atoms with Gasteiger partial charge >= 0.3 is 5.97 Å². The van der Waals surface area contributed by atoms with Crippen LogP contribution in [0.1, 0.15) is 47.0 Å². The van der Waals surface area contributed by atoms with Crippen molar-refractivity contribution in [2.45, 2.75) is 58.6 Å². The second kappa shape index (κ2) is 7.36. The Morgan fingerprint density at radius 1 is 1.33 bits per heavy atom. The summed E-state index contributed by atoms with van der Waals surface area (Å²) < 4.78 is 5.07. The number of methoxy groups -OCH3 is 1. The summed E-state index contributed by atoms with van der Waals surface area (Å²) in [4.78, 5) is 22.6. The van der Waals surface area contributed by atoms with Gasteiger partial charge in [-0.25, -0.2) is 0 Å². The highest BCUT2D eigenvalue weighted by Gasteiger charge is 2.32. The molecule has 5 nitrogen and oxygen atoms in total. The normalized spacial score (nSPS) is 16.1. The minimum absolute atomic E-state index is 0.0283. The van der Waals surface area contributed by atoms with E-state index in [4.69, 9.17) is 9.84 Å². The molecule has 0 aliphatic rings. The SMILES string of the molecule is COC(C)CCC(=O)NC(C)(CC(=O)O)C(C)C. The Hall–Kier alpha value is -1.10. The summed E-state index contributed by atoms with van der Waals surface area (Å²) in [5.41, 5.74) is -0.709. The predicted octanol–water partition coefficient (Wildman–Crippen LogP) is 1.81. The highest BCUT2D eigenvalue weighted by atomic mass is 16.5. The van der Waals surface area contributed by atoms with E-state index in [9.17, 15) is 9.59 Å². The number of nitrogens with one attached hydrogen (secondary N) is 1. The minimum atomic E-state index is -0.906. The number of hydrogen-bond acceptors (Lipinski definition) is 3. The van der Waals surface area contributed by atoms with Gasteiger partial charge in [0.25, 0.3) is 0 Å². The summed E-state index contributed by atoms with van der Waals surface area (Å²) in [6.07, 6.45) is 0.928. The first-order valence-electron chi connectivity index (χ1n) is 6.27. The highest BCUT2D eigenvalue weighted by molar-refractivity contribution is 5.78. The van der Waals surface area contributed by atoms with Crippen molar-refractivity contribution in [1.29, 1.82) is 0 Å². The molecule has 0 aliphatic carbocycles. The lowest BCUT2D eigenvalue weighted by Gasteiger charge is -2.33. The van der Waals surface area contributed by atoms with Crippen LogP contribution < -0.4 is 5.32 Å². The molecule has 0 saturated carbocycles. The van der Waals surface area contributed by atoms with Crippen LogP contribution in [0.2, 0.25) is 0 Å². The zero-order valence-electron chi connectivity index (χ0n) is 11.9. The van der Waals surface area contributed by atoms with E-state index in [1.807, 2.05) is 20.8 Å². The molecule has 18 heavy (non-hydrogen) atoms. The van der Waals surface area contributed by atoms with Crippen LogP contribution in [-0.2, 0) is 14.3 Å². The van der Waals surface area contributed by atoms with Gasteiger partial charge in [0.15, 0.2) is 0 Å². The first-order valence-corrected chi connectivity index (χ1v) is 6.27. The van der Waals surface area contributed by atoms with E-state index >= 15 is 0 Å². The van der Waals surface area contributed by atoms with Crippen LogP contribution in [0.5, 0.6) is 0 Å². The van der Waals surface area contributed by atoms with E-state index in [0.717, 1.165) is 0 Å². The number of amides is 1. The quantitative estimate of drug-likeness (QED) is 0.697. The van der Waals surface area contributed by atoms with Crippen LogP contribution in [0.15, 0.2) is 0 Å². The maximum absolute atomic E-state index is 11.8. The molecule has 0 fully saturated rings. The minimum Gasteiger partial charge on any atom is -0.481 e. The summed E-state index contributed by atoms with van der Waals surface area (Å²) in [5, 5.41) is 11.7. The standard InChI is InChI=1S/C13H25NO4/c1-9(2)13(4,8-12(16)17)14-11(15)7-6-10(3)18-5/h9-10H,6-8H2,1-5H3,(H,14,15)(H,16,17). The third kappa shape index (κ3) is 6.00. The number of carboxylic acids is 1. The molecule has 0 aliphatic heterocycles. The maximum Gasteiger partial charge on any atom is 0.305 e. The molecule has 106 valence electrons. The summed E-state index contributed by atoms with van der Waals surface area (Å²) in [6, 6.07) is 0. The van der Waals surface area contributed by atoms with Crippen LogP contribution in [0.3, 0.4) is 0 Å². The van der Waals surface area contributed by atoms with Gasteiger partial charge in [-0.15, -0.1) is 0 Å². The molecule has 2 atom stereocenters. The molecule has 2 N–H and O–H groups in total. The van der Waals surface area contributed by atoms with Gasteiger partial charge in [-0.1, -0.05) is 13.8 Å². The Bertz CT molecular complexity index is 291. The van der Waals surface area contributed by atoms with Crippen LogP contribution in [0.25, 0.3) is 0 Å². The number of ether oxygens (including phenoxy) is 1. The average Bonchev–Trinajstić information content (AvgIpc) is 2.24. The van der Waals surface area contributed by atoms with Crippen LogP contribution in [0, 0.1) is 5.92 Å². The van der Waals surface area contributed by atoms with Gasteiger partial charge < -0.3 is 15.2 Å². The van der Waals surface area contributed by atoms with Crippen molar-refractivity contribution < 1.29 is 19.4 Å². The maximum atomic E-state index is 11.8. The Morgan fingerprint density at radius 3 is 2.28 bits per heavy atom. The highest BCUT2D eigenvalue weighted by Crippen LogP contribution is 2.21. The lowest BCUT2D eigenvalue weighted by molar-refractivity contribution is -0.139. The van der Waals surface area contributed by atoms with Crippen LogP contribution in [0.4, 0.5) is 0 Å². The van der Waals surface area contributed by atoms with Crippen LogP contribution in [-0.4, -0.2) is 35.7 Å². The Morgan fingerprint density at radius 2 is 1.89 bits per heavy atom. The summed E-state index contributed by atoms with van der Waals surface area (Å²) in [5.74, 6) is -0.981. The van der Waals surface area contributed by atoms with Gasteiger partial charge in [-0.2, -0.15) is 0 Å². The molecule has 0 aromatic heterocycles. The topological polar surface area (TPSA) is 75.6 Å². The number of hydrogen-bond donors (Lipinski definition) is 2. The number of aliphatic carboxylic acids is 1. The fourth-order valence-corrected chi connectivity index (χ4v) is 1.54. The van der Waals surface area contributed by atoms with Crippen molar-refractivity contribution in [2.24, 2.45) is 5.92 Å². The molecule has 0 aromatic carbocycles. The molecule has 0 bridgehead atoms. The second-order valence-corrected chi connectivity index (χ2v) is 5.28. The van der Waals surface area contributed by atoms with Crippen LogP contribution >= 0.6 is 0 Å². The molecular formula is C13H25NO4. The molecule has 0 radical (unpaired) electrons. The first-order chi connectivity index (χ1) is 8.21. The van der Waals surface area contributed by atoms with Crippen molar-refractivity contribution >= 4 is 11.9 Å². The molecule has 0 aromatic rings. The lowest BCUT2D eigenvalue weighted by Crippen LogP contribution is -2.51. The Balaban J connectivity index is 4.41. The van der Waals surface area contributed by atoms with E-state index < -0.39 is 11.5 Å². The first kappa shape index (κ1) is 16.9. The summed E-state index contributed by atoms with van der Waals surface area (Å²) in [6.45, 7) is 7.47. The van der Waals surface area contributed by atoms with E-state index in [1.54, 1.807) is 14.0 Å². The second-order valence-electron chi connectivity index (χ2n) is 5.28. The van der Waals surface area contributed by atoms with E-state index in [0.29, 0.717) is 12.8 Å². The van der Waals surface area contributed by atoms with Gasteiger partial charge in [-0.05, 0) is 26.2 Å². The number of carbonyl (C=O) groups excluding carboxylic acids is 1. The number of rotatable bonds is 8. The van der Waals surface area contributed by atoms with E-state index in [2.05, 4.69) is 5.32 Å². The van der Waals surface area contributed by atoms with Gasteiger partial charge in [0.2, 0.25) is 5.91 Å². The third-order valence-electron chi connectivity index (χ3n) is 3.40. The van der Waals surface area contributed by atoms with Crippen molar-refractivity contribution in [3.05, 3.63) is 0 Å². The van der Waals surface area contributed by atoms with E-state index in [1.165, 1.54) is 0 Å². The average molecular weight is 259 g/mol. The smallest absolute Gasteiger partial charge is 0.305 e. The Kier molecular flexibility index (Phi) is 6.91. The zero-order valence-corrected chi connectivity index (χ0v) is 11.9. The summed E-state index contributed by atoms with van der Waals surface area (Å²) in [7, 11) is 1.60. The molecule has 0 rings (SSSR count). The van der Waals surface area contributed by atoms with Gasteiger partial charge in [0.05, 0.1) is 12.5 Å². The van der Waals surface area contributed by atoms with Crippen molar-refractivity contribution in [3.8, 4) is 0 Å². The summed E-state index contributed by atoms with van der Waals surface area (Å²) >= 11 is 0. The number of carboxylic acid groups (broad SMARTS) is 1. The molecule has 0 spiro atoms. The van der Waals surface area contributed by atoms with Crippen molar-refractivity contribution in [2.75, 3.05) is 7.11 Å². The van der Waals surface area contributed by atoms with Gasteiger partial charge in [0.1, 0.15) is 0 Å². The monoisotopic (exact) mass is 259 g/mol. The zero-order chi connectivity index (χ0) is 14.3. The van der Waals surface area contributed by atoms with Crippen molar-refractivity contribution in [1.82, 2.24) is 5.32 Å². The van der Waals surface area contributed by atoms with E-state index in [-0.39, 0.29) is 24.3 Å². The molecule has 1 amide bonds. The molecule has 0 heterocycles. The largest absolute Gasteiger partial charge is 0.481 e. The molecule has 2 unspecified atom stereocenters. The molecule has 5 heteroatoms. The Labute approximate surface area is 109 Å². The predicted molar refractivity (Wildman–Crippen MR) is 69.3 cm³/mol.